The average Bonchev–Trinajstić information content (AvgIpc) is 2.28. The number of nitrogens with zero attached hydrogens (tertiary/aromatic N) is 1. The van der Waals surface area contributed by atoms with E-state index in [-0.39, 0.29) is 11.8 Å². The SMILES string of the molecule is Cc1cc(F)cc(NC(=O)N2CCCCC2)c1. The summed E-state index contributed by atoms with van der Waals surface area (Å²) < 4.78 is 13.2. The lowest BCUT2D eigenvalue weighted by Crippen LogP contribution is -2.38. The Balaban J connectivity index is 2.01. The average molecular weight is 236 g/mol. The van der Waals surface area contributed by atoms with Crippen LogP contribution in [0.4, 0.5) is 14.9 Å². The van der Waals surface area contributed by atoms with Gasteiger partial charge in [-0.25, -0.2) is 9.18 Å². The van der Waals surface area contributed by atoms with Gasteiger partial charge in [0, 0.05) is 18.8 Å². The Morgan fingerprint density at radius 3 is 2.59 bits per heavy atom. The van der Waals surface area contributed by atoms with E-state index in [0.717, 1.165) is 31.5 Å². The van der Waals surface area contributed by atoms with Gasteiger partial charge < -0.3 is 10.2 Å². The van der Waals surface area contributed by atoms with E-state index in [9.17, 15) is 9.18 Å². The van der Waals surface area contributed by atoms with Crippen LogP contribution in [0.5, 0.6) is 0 Å². The third-order valence-electron chi connectivity index (χ3n) is 2.94. The molecule has 0 radical (unpaired) electrons. The zero-order valence-corrected chi connectivity index (χ0v) is 10.0. The molecule has 1 saturated heterocycles. The summed E-state index contributed by atoms with van der Waals surface area (Å²) in [5.74, 6) is -0.320. The fraction of sp³-hybridized carbons (Fsp3) is 0.462. The zero-order valence-electron chi connectivity index (χ0n) is 10.0. The molecule has 17 heavy (non-hydrogen) atoms. The third-order valence-corrected chi connectivity index (χ3v) is 2.94. The van der Waals surface area contributed by atoms with Crippen LogP contribution >= 0.6 is 0 Å². The van der Waals surface area contributed by atoms with E-state index in [1.807, 2.05) is 0 Å². The van der Waals surface area contributed by atoms with Gasteiger partial charge in [0.15, 0.2) is 0 Å². The Bertz CT molecular complexity index is 394. The minimum absolute atomic E-state index is 0.130. The standard InChI is InChI=1S/C13H17FN2O/c1-10-7-11(14)9-12(8-10)15-13(17)16-5-3-2-4-6-16/h7-9H,2-6H2,1H3,(H,15,17). The highest BCUT2D eigenvalue weighted by Gasteiger charge is 2.16. The Morgan fingerprint density at radius 1 is 1.24 bits per heavy atom. The van der Waals surface area contributed by atoms with Crippen molar-refractivity contribution in [1.29, 1.82) is 0 Å². The van der Waals surface area contributed by atoms with E-state index >= 15 is 0 Å². The predicted molar refractivity (Wildman–Crippen MR) is 65.6 cm³/mol. The largest absolute Gasteiger partial charge is 0.325 e. The van der Waals surface area contributed by atoms with E-state index in [0.29, 0.717) is 5.69 Å². The lowest BCUT2D eigenvalue weighted by molar-refractivity contribution is 0.200. The first-order valence-corrected chi connectivity index (χ1v) is 5.98. The summed E-state index contributed by atoms with van der Waals surface area (Å²) in [6.07, 6.45) is 3.29. The normalized spacial score (nSPS) is 15.8. The molecule has 4 heteroatoms. The number of piperidine rings is 1. The molecule has 92 valence electrons. The van der Waals surface area contributed by atoms with Crippen molar-refractivity contribution in [2.24, 2.45) is 0 Å². The van der Waals surface area contributed by atoms with E-state index in [1.54, 1.807) is 17.9 Å². The van der Waals surface area contributed by atoms with Crippen LogP contribution < -0.4 is 5.32 Å². The van der Waals surface area contributed by atoms with E-state index < -0.39 is 0 Å². The van der Waals surface area contributed by atoms with Crippen LogP contribution in [0.25, 0.3) is 0 Å². The minimum Gasteiger partial charge on any atom is -0.325 e. The van der Waals surface area contributed by atoms with Crippen molar-refractivity contribution in [2.75, 3.05) is 18.4 Å². The summed E-state index contributed by atoms with van der Waals surface area (Å²) in [7, 11) is 0. The summed E-state index contributed by atoms with van der Waals surface area (Å²) in [4.78, 5) is 13.7. The van der Waals surface area contributed by atoms with Gasteiger partial charge in [-0.15, -0.1) is 0 Å². The highest BCUT2D eigenvalue weighted by molar-refractivity contribution is 5.89. The van der Waals surface area contributed by atoms with Crippen molar-refractivity contribution in [1.82, 2.24) is 4.90 Å². The summed E-state index contributed by atoms with van der Waals surface area (Å²) in [5, 5.41) is 2.74. The van der Waals surface area contributed by atoms with Gasteiger partial charge in [0.2, 0.25) is 0 Å². The molecule has 0 bridgehead atoms. The number of halogens is 1. The Hall–Kier alpha value is -1.58. The van der Waals surface area contributed by atoms with Crippen LogP contribution in [0.1, 0.15) is 24.8 Å². The van der Waals surface area contributed by atoms with Crippen molar-refractivity contribution >= 4 is 11.7 Å². The molecule has 0 aliphatic carbocycles. The van der Waals surface area contributed by atoms with Gasteiger partial charge in [0.05, 0.1) is 0 Å². The van der Waals surface area contributed by atoms with Gasteiger partial charge in [-0.1, -0.05) is 0 Å². The van der Waals surface area contributed by atoms with Gasteiger partial charge in [-0.2, -0.15) is 0 Å². The molecule has 1 aliphatic rings. The number of urea groups is 1. The molecule has 1 N–H and O–H groups in total. The summed E-state index contributed by atoms with van der Waals surface area (Å²) in [5.41, 5.74) is 1.33. The number of hydrogen-bond acceptors (Lipinski definition) is 1. The first-order chi connectivity index (χ1) is 8.15. The molecule has 0 atom stereocenters. The molecule has 3 nitrogen and oxygen atoms in total. The molecular weight excluding hydrogens is 219 g/mol. The molecule has 1 fully saturated rings. The molecular formula is C13H17FN2O. The lowest BCUT2D eigenvalue weighted by atomic mass is 10.1. The van der Waals surface area contributed by atoms with Crippen LogP contribution in [0.2, 0.25) is 0 Å². The number of rotatable bonds is 1. The number of benzene rings is 1. The molecule has 1 aromatic rings. The molecule has 2 amide bonds. The second-order valence-corrected chi connectivity index (χ2v) is 4.50. The van der Waals surface area contributed by atoms with Gasteiger partial charge in [0.25, 0.3) is 0 Å². The first kappa shape index (κ1) is 11.9. The predicted octanol–water partition coefficient (Wildman–Crippen LogP) is 3.15. The number of carbonyl (C=O) groups is 1. The van der Waals surface area contributed by atoms with Crippen molar-refractivity contribution in [3.8, 4) is 0 Å². The quantitative estimate of drug-likeness (QED) is 0.798. The number of aryl methyl sites for hydroxylation is 1. The van der Waals surface area contributed by atoms with Crippen molar-refractivity contribution in [2.45, 2.75) is 26.2 Å². The molecule has 0 unspecified atom stereocenters. The van der Waals surface area contributed by atoms with E-state index in [1.165, 1.54) is 18.6 Å². The Kier molecular flexibility index (Phi) is 3.61. The number of nitrogens with one attached hydrogen (secondary N) is 1. The zero-order chi connectivity index (χ0) is 12.3. The smallest absolute Gasteiger partial charge is 0.321 e. The monoisotopic (exact) mass is 236 g/mol. The van der Waals surface area contributed by atoms with Gasteiger partial charge in [-0.3, -0.25) is 0 Å². The van der Waals surface area contributed by atoms with Crippen molar-refractivity contribution in [3.05, 3.63) is 29.6 Å². The number of anilines is 1. The number of hydrogen-bond donors (Lipinski definition) is 1. The number of likely N-dealkylation sites (tertiary alicyclic amines) is 1. The van der Waals surface area contributed by atoms with Crippen LogP contribution in [0.15, 0.2) is 18.2 Å². The topological polar surface area (TPSA) is 32.3 Å². The van der Waals surface area contributed by atoms with Crippen molar-refractivity contribution in [3.63, 3.8) is 0 Å². The fourth-order valence-electron chi connectivity index (χ4n) is 2.11. The van der Waals surface area contributed by atoms with Crippen LogP contribution in [-0.2, 0) is 0 Å². The second-order valence-electron chi connectivity index (χ2n) is 4.50. The molecule has 0 saturated carbocycles. The van der Waals surface area contributed by atoms with Gasteiger partial charge in [0.1, 0.15) is 5.82 Å². The Morgan fingerprint density at radius 2 is 1.94 bits per heavy atom. The highest BCUT2D eigenvalue weighted by Crippen LogP contribution is 2.15. The third kappa shape index (κ3) is 3.19. The maximum Gasteiger partial charge on any atom is 0.321 e. The minimum atomic E-state index is -0.320. The Labute approximate surface area is 101 Å². The number of carbonyl (C=O) groups excluding carboxylic acids is 1. The van der Waals surface area contributed by atoms with Crippen LogP contribution in [0.3, 0.4) is 0 Å². The number of amides is 2. The second kappa shape index (κ2) is 5.17. The van der Waals surface area contributed by atoms with Crippen LogP contribution in [0, 0.1) is 12.7 Å². The summed E-state index contributed by atoms with van der Waals surface area (Å²) in [6, 6.07) is 4.42. The van der Waals surface area contributed by atoms with Crippen molar-refractivity contribution < 1.29 is 9.18 Å². The molecule has 2 rings (SSSR count). The summed E-state index contributed by atoms with van der Waals surface area (Å²) >= 11 is 0. The maximum absolute atomic E-state index is 13.2. The van der Waals surface area contributed by atoms with Crippen LogP contribution in [-0.4, -0.2) is 24.0 Å². The summed E-state index contributed by atoms with van der Waals surface area (Å²) in [6.45, 7) is 3.39. The molecule has 0 aromatic heterocycles. The maximum atomic E-state index is 13.2. The first-order valence-electron chi connectivity index (χ1n) is 5.98. The molecule has 0 spiro atoms. The van der Waals surface area contributed by atoms with Gasteiger partial charge >= 0.3 is 6.03 Å². The molecule has 1 heterocycles. The van der Waals surface area contributed by atoms with E-state index in [4.69, 9.17) is 0 Å². The molecule has 1 aliphatic heterocycles. The fourth-order valence-corrected chi connectivity index (χ4v) is 2.11. The lowest BCUT2D eigenvalue weighted by Gasteiger charge is -2.26. The highest BCUT2D eigenvalue weighted by atomic mass is 19.1. The van der Waals surface area contributed by atoms with E-state index in [2.05, 4.69) is 5.32 Å². The van der Waals surface area contributed by atoms with Gasteiger partial charge in [-0.05, 0) is 49.9 Å². The molecule has 1 aromatic carbocycles.